The van der Waals surface area contributed by atoms with Crippen molar-refractivity contribution in [2.45, 2.75) is 6.42 Å². The molecule has 0 amide bonds. The molecule has 2 aromatic carbocycles. The highest BCUT2D eigenvalue weighted by Crippen LogP contribution is 2.11. The minimum Gasteiger partial charge on any atom is -0.410 e. The quantitative estimate of drug-likeness (QED) is 0.292. The number of nitrogens with one attached hydrogen (secondary N) is 2. The van der Waals surface area contributed by atoms with Crippen molar-refractivity contribution in [2.24, 2.45) is 5.16 Å². The Morgan fingerprint density at radius 1 is 0.962 bits per heavy atom. The van der Waals surface area contributed by atoms with Gasteiger partial charge in [0.25, 0.3) is 0 Å². The number of nitriles is 2. The summed E-state index contributed by atoms with van der Waals surface area (Å²) in [5, 5.41) is 28.4. The minimum absolute atomic E-state index is 0.124. The van der Waals surface area contributed by atoms with Crippen LogP contribution >= 0.6 is 0 Å². The number of imidazole rings is 2. The Kier molecular flexibility index (Phi) is 4.88. The van der Waals surface area contributed by atoms with Gasteiger partial charge < -0.3 is 15.2 Å². The van der Waals surface area contributed by atoms with Gasteiger partial charge in [-0.05, 0) is 24.3 Å². The van der Waals surface area contributed by atoms with Crippen molar-refractivity contribution in [1.29, 1.82) is 10.5 Å². The molecule has 0 aliphatic heterocycles. The van der Waals surface area contributed by atoms with Crippen LogP contribution in [0.25, 0.3) is 22.1 Å². The first-order valence-electron chi connectivity index (χ1n) is 7.63. The van der Waals surface area contributed by atoms with E-state index >= 15 is 0 Å². The predicted molar refractivity (Wildman–Crippen MR) is 95.4 cm³/mol. The highest BCUT2D eigenvalue weighted by Gasteiger charge is 2.08. The normalized spacial score (nSPS) is 10.8. The Hall–Kier alpha value is -4.17. The average Bonchev–Trinajstić information content (AvgIpc) is 3.27. The van der Waals surface area contributed by atoms with Crippen LogP contribution in [0, 0.1) is 22.7 Å². The van der Waals surface area contributed by atoms with Crippen molar-refractivity contribution in [3.8, 4) is 12.1 Å². The van der Waals surface area contributed by atoms with Crippen molar-refractivity contribution >= 4 is 27.8 Å². The van der Waals surface area contributed by atoms with Crippen LogP contribution < -0.4 is 0 Å². The maximum Gasteiger partial charge on any atom is 0.221 e. The van der Waals surface area contributed by atoms with Crippen LogP contribution in [0.15, 0.2) is 53.7 Å². The monoisotopic (exact) mass is 343 g/mol. The van der Waals surface area contributed by atoms with Crippen molar-refractivity contribution in [2.75, 3.05) is 0 Å². The molecule has 0 aliphatic carbocycles. The van der Waals surface area contributed by atoms with Gasteiger partial charge in [0.15, 0.2) is 5.82 Å². The first-order chi connectivity index (χ1) is 12.7. The maximum absolute atomic E-state index is 8.60. The second kappa shape index (κ2) is 7.60. The average molecular weight is 343 g/mol. The number of nitrogens with zero attached hydrogens (tertiary/aromatic N) is 5. The molecule has 2 aromatic heterocycles. The van der Waals surface area contributed by atoms with E-state index in [0.29, 0.717) is 6.42 Å². The fourth-order valence-corrected chi connectivity index (χ4v) is 2.35. The summed E-state index contributed by atoms with van der Waals surface area (Å²) < 4.78 is 0. The fraction of sp³-hybridized carbons (Fsp3) is 0.0556. The summed E-state index contributed by atoms with van der Waals surface area (Å²) in [4.78, 5) is 14.2. The molecule has 8 nitrogen and oxygen atoms in total. The number of benzene rings is 2. The lowest BCUT2D eigenvalue weighted by molar-refractivity contribution is 0.320. The smallest absolute Gasteiger partial charge is 0.221 e. The van der Waals surface area contributed by atoms with E-state index in [2.05, 4.69) is 31.2 Å². The van der Waals surface area contributed by atoms with Gasteiger partial charge in [0, 0.05) is 0 Å². The number of oxime groups is 1. The van der Waals surface area contributed by atoms with E-state index in [-0.39, 0.29) is 11.5 Å². The summed E-state index contributed by atoms with van der Waals surface area (Å²) in [6, 6.07) is 18.9. The zero-order chi connectivity index (χ0) is 18.4. The maximum atomic E-state index is 8.60. The number of rotatable bonds is 2. The Bertz CT molecular complexity index is 1090. The largest absolute Gasteiger partial charge is 0.410 e. The SMILES string of the molecule is N#C/C(=N\O)c1nc2ccccc2[nH]1.N#CCc1nc2ccccc2[nH]1. The van der Waals surface area contributed by atoms with Crippen LogP contribution in [-0.4, -0.2) is 30.9 Å². The fourth-order valence-electron chi connectivity index (χ4n) is 2.35. The molecule has 0 atom stereocenters. The lowest BCUT2D eigenvalue weighted by atomic mass is 10.3. The highest BCUT2D eigenvalue weighted by molar-refractivity contribution is 6.10. The van der Waals surface area contributed by atoms with Crippen molar-refractivity contribution in [1.82, 2.24) is 19.9 Å². The van der Waals surface area contributed by atoms with E-state index in [1.165, 1.54) is 0 Å². The first-order valence-corrected chi connectivity index (χ1v) is 7.63. The van der Waals surface area contributed by atoms with Gasteiger partial charge in [-0.25, -0.2) is 9.97 Å². The molecule has 26 heavy (non-hydrogen) atoms. The Labute approximate surface area is 148 Å². The van der Waals surface area contributed by atoms with Gasteiger partial charge in [0.1, 0.15) is 11.9 Å². The van der Waals surface area contributed by atoms with Crippen molar-refractivity contribution in [3.05, 3.63) is 60.2 Å². The van der Waals surface area contributed by atoms with Crippen molar-refractivity contribution in [3.63, 3.8) is 0 Å². The topological polar surface area (TPSA) is 138 Å². The molecule has 4 rings (SSSR count). The second-order valence-electron chi connectivity index (χ2n) is 5.20. The summed E-state index contributed by atoms with van der Waals surface area (Å²) in [6.45, 7) is 0. The number of hydrogen-bond acceptors (Lipinski definition) is 6. The van der Waals surface area contributed by atoms with E-state index in [1.807, 2.05) is 48.5 Å². The third-order valence-corrected chi connectivity index (χ3v) is 3.50. The number of fused-ring (bicyclic) bond motifs is 2. The molecular weight excluding hydrogens is 330 g/mol. The van der Waals surface area contributed by atoms with Gasteiger partial charge in [-0.15, -0.1) is 0 Å². The molecule has 0 unspecified atom stereocenters. The minimum atomic E-state index is -0.124. The van der Waals surface area contributed by atoms with Crippen LogP contribution in [-0.2, 0) is 6.42 Å². The van der Waals surface area contributed by atoms with Crippen LogP contribution in [0.5, 0.6) is 0 Å². The van der Waals surface area contributed by atoms with E-state index < -0.39 is 0 Å². The molecule has 8 heteroatoms. The standard InChI is InChI=1S/C9H6N4O.C9H7N3/c10-5-8(13-14)9-11-6-3-1-2-4-7(6)12-9;10-6-5-9-11-7-3-1-2-4-8(7)12-9/h1-4,14H,(H,11,12);1-4H,5H2,(H,11,12)/b13-8+;. The van der Waals surface area contributed by atoms with Gasteiger partial charge in [-0.2, -0.15) is 10.5 Å². The van der Waals surface area contributed by atoms with Gasteiger partial charge in [0.2, 0.25) is 5.71 Å². The first kappa shape index (κ1) is 16.7. The van der Waals surface area contributed by atoms with Gasteiger partial charge in [-0.1, -0.05) is 29.4 Å². The lowest BCUT2D eigenvalue weighted by Gasteiger charge is -1.85. The van der Waals surface area contributed by atoms with Gasteiger partial charge >= 0.3 is 0 Å². The van der Waals surface area contributed by atoms with E-state index in [9.17, 15) is 0 Å². The molecule has 0 fully saturated rings. The highest BCUT2D eigenvalue weighted by atomic mass is 16.4. The van der Waals surface area contributed by atoms with Gasteiger partial charge in [0.05, 0.1) is 34.6 Å². The van der Waals surface area contributed by atoms with E-state index in [0.717, 1.165) is 27.9 Å². The molecule has 0 saturated heterocycles. The number of para-hydroxylation sites is 4. The molecule has 3 N–H and O–H groups in total. The summed E-state index contributed by atoms with van der Waals surface area (Å²) in [7, 11) is 0. The summed E-state index contributed by atoms with van der Waals surface area (Å²) in [6.07, 6.45) is 0.342. The van der Waals surface area contributed by atoms with E-state index in [1.54, 1.807) is 6.07 Å². The molecular formula is C18H13N7O. The van der Waals surface area contributed by atoms with Crippen LogP contribution in [0.1, 0.15) is 11.6 Å². The second-order valence-corrected chi connectivity index (χ2v) is 5.20. The van der Waals surface area contributed by atoms with Crippen LogP contribution in [0.2, 0.25) is 0 Å². The molecule has 4 aromatic rings. The zero-order valence-corrected chi connectivity index (χ0v) is 13.5. The predicted octanol–water partition coefficient (Wildman–Crippen LogP) is 2.89. The number of aromatic amines is 2. The zero-order valence-electron chi connectivity index (χ0n) is 13.5. The summed E-state index contributed by atoms with van der Waals surface area (Å²) in [5.74, 6) is 1.01. The third kappa shape index (κ3) is 3.50. The lowest BCUT2D eigenvalue weighted by Crippen LogP contribution is -1.99. The summed E-state index contributed by atoms with van der Waals surface area (Å²) >= 11 is 0. The molecule has 0 radical (unpaired) electrons. The Morgan fingerprint density at radius 2 is 1.58 bits per heavy atom. The molecule has 126 valence electrons. The van der Waals surface area contributed by atoms with Crippen LogP contribution in [0.3, 0.4) is 0 Å². The molecule has 0 aliphatic rings. The van der Waals surface area contributed by atoms with Gasteiger partial charge in [-0.3, -0.25) is 0 Å². The third-order valence-electron chi connectivity index (χ3n) is 3.50. The number of H-pyrrole nitrogens is 2. The number of aromatic nitrogens is 4. The number of hydrogen-bond donors (Lipinski definition) is 3. The van der Waals surface area contributed by atoms with Crippen LogP contribution in [0.4, 0.5) is 0 Å². The summed E-state index contributed by atoms with van der Waals surface area (Å²) in [5.41, 5.74) is 3.32. The Balaban J connectivity index is 0.000000152. The molecule has 2 heterocycles. The van der Waals surface area contributed by atoms with E-state index in [4.69, 9.17) is 15.7 Å². The Morgan fingerprint density at radius 3 is 2.12 bits per heavy atom. The molecule has 0 saturated carbocycles. The molecule has 0 spiro atoms. The molecule has 0 bridgehead atoms. The van der Waals surface area contributed by atoms with Crippen molar-refractivity contribution < 1.29 is 5.21 Å².